The number of nitrogen functional groups attached to an aromatic ring is 1. The minimum Gasteiger partial charge on any atom is -0.404 e. The summed E-state index contributed by atoms with van der Waals surface area (Å²) in [6.07, 6.45) is 11.8. The average molecular weight is 418 g/mol. The number of nitrogens with zero attached hydrogens (tertiary/aromatic N) is 5. The molecular formula is C23H23FN6O. The van der Waals surface area contributed by atoms with Gasteiger partial charge in [-0.3, -0.25) is 4.99 Å². The molecule has 8 heteroatoms. The van der Waals surface area contributed by atoms with E-state index in [1.807, 2.05) is 50.4 Å². The van der Waals surface area contributed by atoms with Crippen molar-refractivity contribution in [1.29, 1.82) is 0 Å². The smallest absolute Gasteiger partial charge is 0.313 e. The van der Waals surface area contributed by atoms with E-state index in [1.54, 1.807) is 18.4 Å². The summed E-state index contributed by atoms with van der Waals surface area (Å²) in [6, 6.07) is 5.83. The van der Waals surface area contributed by atoms with Crippen LogP contribution in [0.2, 0.25) is 0 Å². The molecule has 0 aliphatic heterocycles. The molecule has 0 radical (unpaired) electrons. The van der Waals surface area contributed by atoms with Crippen molar-refractivity contribution in [2.24, 2.45) is 12.0 Å². The average Bonchev–Trinajstić information content (AvgIpc) is 3.23. The molecule has 2 heterocycles. The summed E-state index contributed by atoms with van der Waals surface area (Å²) in [5, 5.41) is 7.62. The molecule has 2 aromatic heterocycles. The van der Waals surface area contributed by atoms with Crippen LogP contribution in [0.25, 0.3) is 22.5 Å². The van der Waals surface area contributed by atoms with Crippen molar-refractivity contribution in [2.45, 2.75) is 19.8 Å². The number of benzene rings is 1. The molecule has 0 saturated heterocycles. The van der Waals surface area contributed by atoms with E-state index in [0.717, 1.165) is 33.6 Å². The van der Waals surface area contributed by atoms with Crippen LogP contribution in [0.1, 0.15) is 19.2 Å². The first kappa shape index (κ1) is 20.5. The molecule has 0 fully saturated rings. The van der Waals surface area contributed by atoms with Gasteiger partial charge in [-0.15, -0.1) is 5.10 Å². The van der Waals surface area contributed by atoms with Crippen LogP contribution in [0.5, 0.6) is 0 Å². The monoisotopic (exact) mass is 418 g/mol. The molecule has 0 unspecified atom stereocenters. The van der Waals surface area contributed by atoms with Gasteiger partial charge in [0, 0.05) is 31.7 Å². The lowest BCUT2D eigenvalue weighted by Crippen LogP contribution is -1.99. The van der Waals surface area contributed by atoms with Gasteiger partial charge in [0.2, 0.25) is 5.89 Å². The first-order valence-electron chi connectivity index (χ1n) is 9.91. The maximum absolute atomic E-state index is 13.5. The number of halogens is 1. The van der Waals surface area contributed by atoms with Gasteiger partial charge in [0.1, 0.15) is 11.7 Å². The second-order valence-corrected chi connectivity index (χ2v) is 7.38. The van der Waals surface area contributed by atoms with E-state index in [0.29, 0.717) is 25.3 Å². The molecular weight excluding hydrogens is 395 g/mol. The topological polar surface area (TPSA) is 95.1 Å². The zero-order chi connectivity index (χ0) is 21.8. The third kappa shape index (κ3) is 4.85. The van der Waals surface area contributed by atoms with E-state index in [9.17, 15) is 4.39 Å². The largest absolute Gasteiger partial charge is 0.404 e. The van der Waals surface area contributed by atoms with Crippen LogP contribution in [0.3, 0.4) is 0 Å². The summed E-state index contributed by atoms with van der Waals surface area (Å²) in [7, 11) is 1.99. The van der Waals surface area contributed by atoms with E-state index >= 15 is 0 Å². The molecule has 1 aliphatic rings. The van der Waals surface area contributed by atoms with Crippen LogP contribution >= 0.6 is 0 Å². The Labute approximate surface area is 179 Å². The molecule has 7 nitrogen and oxygen atoms in total. The predicted molar refractivity (Wildman–Crippen MR) is 120 cm³/mol. The lowest BCUT2D eigenvalue weighted by atomic mass is 10.2. The SMILES string of the molecule is C/C(=C\C=NCC1=CC=CCC(F)=C1)Cc1nc2cc(-c3nnc(N)o3)ccc2n1C. The number of aliphatic imine (C=N–C) groups is 1. The first-order chi connectivity index (χ1) is 15.0. The number of anilines is 1. The standard InChI is InChI=1S/C23H23FN6O/c1-15(9-10-26-14-16-5-3-4-6-18(24)12-16)11-21-27-19-13-17(7-8-20(19)30(21)2)22-28-29-23(25)31-22/h3-5,7-10,12-13H,6,11,14H2,1-2H3,(H2,25,29)/b15-9+,26-10?. The molecule has 0 amide bonds. The lowest BCUT2D eigenvalue weighted by Gasteiger charge is -2.02. The number of aryl methyl sites for hydroxylation is 1. The maximum atomic E-state index is 13.5. The molecule has 0 bridgehead atoms. The fraction of sp³-hybridized carbons (Fsp3) is 0.217. The predicted octanol–water partition coefficient (Wildman–Crippen LogP) is 4.50. The molecule has 1 aliphatic carbocycles. The van der Waals surface area contributed by atoms with Gasteiger partial charge in [0.25, 0.3) is 0 Å². The highest BCUT2D eigenvalue weighted by molar-refractivity contribution is 5.81. The molecule has 2 N–H and O–H groups in total. The van der Waals surface area contributed by atoms with Crippen molar-refractivity contribution >= 4 is 23.3 Å². The third-order valence-corrected chi connectivity index (χ3v) is 4.94. The highest BCUT2D eigenvalue weighted by atomic mass is 19.1. The van der Waals surface area contributed by atoms with E-state index in [-0.39, 0.29) is 11.8 Å². The Morgan fingerprint density at radius 2 is 2.23 bits per heavy atom. The molecule has 0 spiro atoms. The highest BCUT2D eigenvalue weighted by Crippen LogP contribution is 2.25. The third-order valence-electron chi connectivity index (χ3n) is 4.94. The van der Waals surface area contributed by atoms with Crippen molar-refractivity contribution < 1.29 is 8.81 Å². The minimum atomic E-state index is -0.144. The van der Waals surface area contributed by atoms with Crippen LogP contribution in [0.15, 0.2) is 75.0 Å². The number of imidazole rings is 1. The van der Waals surface area contributed by atoms with Gasteiger partial charge in [-0.2, -0.15) is 0 Å². The van der Waals surface area contributed by atoms with E-state index in [2.05, 4.69) is 19.8 Å². The summed E-state index contributed by atoms with van der Waals surface area (Å²) in [4.78, 5) is 9.15. The van der Waals surface area contributed by atoms with Crippen molar-refractivity contribution in [2.75, 3.05) is 12.3 Å². The van der Waals surface area contributed by atoms with E-state index in [4.69, 9.17) is 15.1 Å². The maximum Gasteiger partial charge on any atom is 0.313 e. The van der Waals surface area contributed by atoms with Crippen LogP contribution in [0, 0.1) is 0 Å². The normalized spacial score (nSPS) is 14.9. The van der Waals surface area contributed by atoms with Crippen molar-refractivity contribution in [3.63, 3.8) is 0 Å². The molecule has 0 atom stereocenters. The number of hydrogen-bond acceptors (Lipinski definition) is 6. The molecule has 4 rings (SSSR count). The quantitative estimate of drug-likeness (QED) is 0.595. The zero-order valence-corrected chi connectivity index (χ0v) is 17.4. The van der Waals surface area contributed by atoms with Gasteiger partial charge in [-0.05, 0) is 42.8 Å². The Hall–Kier alpha value is -3.81. The Bertz CT molecular complexity index is 1260. The summed E-state index contributed by atoms with van der Waals surface area (Å²) in [5.74, 6) is 1.16. The van der Waals surface area contributed by atoms with Gasteiger partial charge < -0.3 is 14.7 Å². The Balaban J connectivity index is 1.46. The van der Waals surface area contributed by atoms with Crippen LogP contribution in [-0.4, -0.2) is 32.5 Å². The summed E-state index contributed by atoms with van der Waals surface area (Å²) in [6.45, 7) is 2.47. The molecule has 3 aromatic rings. The van der Waals surface area contributed by atoms with Crippen molar-refractivity contribution in [3.05, 3.63) is 71.4 Å². The van der Waals surface area contributed by atoms with Gasteiger partial charge >= 0.3 is 6.01 Å². The number of fused-ring (bicyclic) bond motifs is 1. The van der Waals surface area contributed by atoms with Crippen LogP contribution in [-0.2, 0) is 13.5 Å². The molecule has 0 saturated carbocycles. The number of nitrogens with two attached hydrogens (primary N) is 1. The van der Waals surface area contributed by atoms with E-state index < -0.39 is 0 Å². The molecule has 158 valence electrons. The van der Waals surface area contributed by atoms with Gasteiger partial charge in [-0.1, -0.05) is 28.9 Å². The van der Waals surface area contributed by atoms with Gasteiger partial charge in [-0.25, -0.2) is 9.37 Å². The highest BCUT2D eigenvalue weighted by Gasteiger charge is 2.12. The lowest BCUT2D eigenvalue weighted by molar-refractivity contribution is 0.590. The number of rotatable bonds is 6. The van der Waals surface area contributed by atoms with Gasteiger partial charge in [0.05, 0.1) is 17.6 Å². The Morgan fingerprint density at radius 1 is 1.35 bits per heavy atom. The summed E-state index contributed by atoms with van der Waals surface area (Å²) >= 11 is 0. The summed E-state index contributed by atoms with van der Waals surface area (Å²) < 4.78 is 20.9. The van der Waals surface area contributed by atoms with E-state index in [1.165, 1.54) is 0 Å². The number of hydrogen-bond donors (Lipinski definition) is 1. The van der Waals surface area contributed by atoms with Gasteiger partial charge in [0.15, 0.2) is 0 Å². The van der Waals surface area contributed by atoms with Crippen LogP contribution in [0.4, 0.5) is 10.4 Å². The fourth-order valence-electron chi connectivity index (χ4n) is 3.32. The first-order valence-corrected chi connectivity index (χ1v) is 9.91. The second-order valence-electron chi connectivity index (χ2n) is 7.38. The number of allylic oxidation sites excluding steroid dienone is 6. The fourth-order valence-corrected chi connectivity index (χ4v) is 3.32. The second kappa shape index (κ2) is 8.91. The Kier molecular flexibility index (Phi) is 5.88. The molecule has 31 heavy (non-hydrogen) atoms. The minimum absolute atomic E-state index is 0.0344. The van der Waals surface area contributed by atoms with Crippen molar-refractivity contribution in [1.82, 2.24) is 19.7 Å². The van der Waals surface area contributed by atoms with Crippen molar-refractivity contribution in [3.8, 4) is 11.5 Å². The van der Waals surface area contributed by atoms with Crippen LogP contribution < -0.4 is 5.73 Å². The zero-order valence-electron chi connectivity index (χ0n) is 17.4. The molecule has 1 aromatic carbocycles. The number of aromatic nitrogens is 4. The summed E-state index contributed by atoms with van der Waals surface area (Å²) in [5.41, 5.74) is 10.1. The Morgan fingerprint density at radius 3 is 3.03 bits per heavy atom.